The van der Waals surface area contributed by atoms with Gasteiger partial charge in [0.05, 0.1) is 48.8 Å². The van der Waals surface area contributed by atoms with Gasteiger partial charge in [0.15, 0.2) is 29.6 Å². The van der Waals surface area contributed by atoms with Crippen molar-refractivity contribution in [2.45, 2.75) is 52.0 Å². The number of rotatable bonds is 11. The molecule has 0 unspecified atom stereocenters. The van der Waals surface area contributed by atoms with Gasteiger partial charge in [-0.2, -0.15) is 0 Å². The van der Waals surface area contributed by atoms with Gasteiger partial charge in [-0.05, 0) is 68.1 Å². The number of aliphatic carboxylic acids is 1. The second-order valence-electron chi connectivity index (χ2n) is 13.1. The van der Waals surface area contributed by atoms with E-state index in [0.29, 0.717) is 75.5 Å². The fourth-order valence-corrected chi connectivity index (χ4v) is 6.98. The highest BCUT2D eigenvalue weighted by molar-refractivity contribution is 6.04. The Labute approximate surface area is 306 Å². The molecule has 3 aromatic rings. The fourth-order valence-electron chi connectivity index (χ4n) is 6.98. The minimum Gasteiger partial charge on any atom is -0.493 e. The Hall–Kier alpha value is -6.11. The third-order valence-electron chi connectivity index (χ3n) is 9.80. The highest BCUT2D eigenvalue weighted by Gasteiger charge is 2.36. The zero-order valence-electron chi connectivity index (χ0n) is 30.0. The third kappa shape index (κ3) is 7.19. The standard InChI is InChI=1S/C40H40N4O9/c1-5-23-8-27-16-41-32-14-36(34(49-3)12-30(32)39(47)43(27)18-23)52-20-25-7-26(11-29(10-25)51-22-38(45)46)21-53-37-15-33-31(13-35(37)50-4)40(48)44-19-24(6-2)9-28(44)17-42-33/h5-7,10-17,27-28H,8-9,18-22H2,1-4H3,(H,45,46)/b23-5+,24-6+/t27-,28-/m0/s1. The second kappa shape index (κ2) is 14.9. The minimum atomic E-state index is -1.12. The summed E-state index contributed by atoms with van der Waals surface area (Å²) < 4.78 is 29.3. The van der Waals surface area contributed by atoms with Crippen LogP contribution in [-0.4, -0.2) is 91.1 Å². The molecule has 4 aliphatic rings. The van der Waals surface area contributed by atoms with Crippen LogP contribution in [0.5, 0.6) is 28.7 Å². The molecule has 4 heterocycles. The molecule has 0 aliphatic carbocycles. The van der Waals surface area contributed by atoms with E-state index in [9.17, 15) is 19.5 Å². The molecule has 0 aromatic heterocycles. The number of benzene rings is 3. The van der Waals surface area contributed by atoms with Gasteiger partial charge in [-0.1, -0.05) is 23.3 Å². The van der Waals surface area contributed by atoms with Crippen molar-refractivity contribution in [2.24, 2.45) is 9.98 Å². The van der Waals surface area contributed by atoms with Crippen LogP contribution in [0.4, 0.5) is 11.4 Å². The summed E-state index contributed by atoms with van der Waals surface area (Å²) in [5.74, 6) is 0.458. The lowest BCUT2D eigenvalue weighted by molar-refractivity contribution is -0.139. The summed E-state index contributed by atoms with van der Waals surface area (Å²) in [4.78, 5) is 51.3. The van der Waals surface area contributed by atoms with Gasteiger partial charge in [0.2, 0.25) is 0 Å². The lowest BCUT2D eigenvalue weighted by Crippen LogP contribution is -2.35. The lowest BCUT2D eigenvalue weighted by atomic mass is 10.1. The normalized spacial score (nSPS) is 20.1. The monoisotopic (exact) mass is 720 g/mol. The Morgan fingerprint density at radius 3 is 1.60 bits per heavy atom. The van der Waals surface area contributed by atoms with E-state index in [0.717, 1.165) is 12.8 Å². The first kappa shape index (κ1) is 35.3. The first-order valence-electron chi connectivity index (χ1n) is 17.3. The summed E-state index contributed by atoms with van der Waals surface area (Å²) >= 11 is 0. The molecule has 2 atom stereocenters. The van der Waals surface area contributed by atoms with Crippen LogP contribution in [0, 0.1) is 0 Å². The summed E-state index contributed by atoms with van der Waals surface area (Å²) in [6.45, 7) is 4.63. The topological polar surface area (TPSA) is 149 Å². The molecule has 2 fully saturated rings. The average Bonchev–Trinajstić information content (AvgIpc) is 3.74. The molecule has 3 aromatic carbocycles. The molecular weight excluding hydrogens is 680 g/mol. The van der Waals surface area contributed by atoms with Gasteiger partial charge in [0.1, 0.15) is 19.0 Å². The predicted molar refractivity (Wildman–Crippen MR) is 197 cm³/mol. The molecule has 2 saturated heterocycles. The number of allylic oxidation sites excluding steroid dienone is 2. The zero-order chi connectivity index (χ0) is 37.2. The molecular formula is C40H40N4O9. The van der Waals surface area contributed by atoms with Gasteiger partial charge in [0.25, 0.3) is 11.8 Å². The number of carboxylic acid groups (broad SMARTS) is 1. The van der Waals surface area contributed by atoms with E-state index < -0.39 is 12.6 Å². The third-order valence-corrected chi connectivity index (χ3v) is 9.80. The number of fused-ring (bicyclic) bond motifs is 4. The Balaban J connectivity index is 1.12. The van der Waals surface area contributed by atoms with Crippen LogP contribution < -0.4 is 23.7 Å². The predicted octanol–water partition coefficient (Wildman–Crippen LogP) is 6.08. The quantitative estimate of drug-likeness (QED) is 0.233. The van der Waals surface area contributed by atoms with Crippen LogP contribution in [0.2, 0.25) is 0 Å². The number of carbonyl (C=O) groups is 3. The zero-order valence-corrected chi connectivity index (χ0v) is 30.0. The maximum absolute atomic E-state index is 13.5. The van der Waals surface area contributed by atoms with Crippen LogP contribution in [0.3, 0.4) is 0 Å². The van der Waals surface area contributed by atoms with E-state index in [1.165, 1.54) is 25.4 Å². The van der Waals surface area contributed by atoms with E-state index in [2.05, 4.69) is 9.98 Å². The smallest absolute Gasteiger partial charge is 0.341 e. The molecule has 1 N–H and O–H groups in total. The number of hydrogen-bond acceptors (Lipinski definition) is 10. The van der Waals surface area contributed by atoms with Crippen molar-refractivity contribution in [3.8, 4) is 28.7 Å². The largest absolute Gasteiger partial charge is 0.493 e. The van der Waals surface area contributed by atoms with E-state index in [4.69, 9.17) is 23.7 Å². The lowest BCUT2D eigenvalue weighted by Gasteiger charge is -2.20. The maximum atomic E-state index is 13.5. The number of nitrogens with zero attached hydrogens (tertiary/aromatic N) is 4. The van der Waals surface area contributed by atoms with Gasteiger partial charge < -0.3 is 38.6 Å². The minimum absolute atomic E-state index is 0.0507. The summed E-state index contributed by atoms with van der Waals surface area (Å²) in [5, 5.41) is 9.28. The molecule has 2 amide bonds. The first-order chi connectivity index (χ1) is 25.7. The SMILES string of the molecule is C/C=C1\C[C@H]2C=Nc3cc(OCc4cc(COc5cc6c(cc5OC)C(=O)N5C/C(=C/C)C[C@H]5C=N6)cc(OCC(=O)O)c4)c(OC)cc3C(=O)N2C1. The van der Waals surface area contributed by atoms with Crippen LogP contribution in [0.15, 0.2) is 75.7 Å². The number of aliphatic imine (C=N–C) groups is 2. The number of carboxylic acids is 1. The summed E-state index contributed by atoms with van der Waals surface area (Å²) in [6.07, 6.45) is 9.18. The van der Waals surface area contributed by atoms with Crippen LogP contribution in [0.25, 0.3) is 0 Å². The number of amides is 2. The molecule has 0 saturated carbocycles. The Morgan fingerprint density at radius 2 is 1.19 bits per heavy atom. The van der Waals surface area contributed by atoms with Crippen molar-refractivity contribution in [2.75, 3.05) is 33.9 Å². The molecule has 0 radical (unpaired) electrons. The summed E-state index contributed by atoms with van der Waals surface area (Å²) in [6, 6.07) is 11.7. The Kier molecular flexibility index (Phi) is 9.90. The van der Waals surface area contributed by atoms with E-state index in [1.807, 2.05) is 41.9 Å². The van der Waals surface area contributed by atoms with Gasteiger partial charge in [-0.15, -0.1) is 0 Å². The van der Waals surface area contributed by atoms with Crippen LogP contribution in [-0.2, 0) is 18.0 Å². The van der Waals surface area contributed by atoms with Gasteiger partial charge in [0, 0.05) is 37.7 Å². The number of methoxy groups -OCH3 is 2. The second-order valence-corrected chi connectivity index (χ2v) is 13.1. The van der Waals surface area contributed by atoms with E-state index in [1.54, 1.807) is 48.8 Å². The molecule has 0 spiro atoms. The van der Waals surface area contributed by atoms with Gasteiger partial charge >= 0.3 is 5.97 Å². The highest BCUT2D eigenvalue weighted by Crippen LogP contribution is 2.41. The molecule has 13 nitrogen and oxygen atoms in total. The first-order valence-corrected chi connectivity index (χ1v) is 17.3. The van der Waals surface area contributed by atoms with Gasteiger partial charge in [-0.3, -0.25) is 19.6 Å². The van der Waals surface area contributed by atoms with Crippen molar-refractivity contribution in [1.29, 1.82) is 0 Å². The molecule has 13 heteroatoms. The van der Waals surface area contributed by atoms with Crippen molar-refractivity contribution < 1.29 is 43.2 Å². The molecule has 4 aliphatic heterocycles. The summed E-state index contributed by atoms with van der Waals surface area (Å²) in [5.41, 5.74) is 5.53. The molecule has 274 valence electrons. The summed E-state index contributed by atoms with van der Waals surface area (Å²) in [7, 11) is 3.01. The number of hydrogen-bond donors (Lipinski definition) is 1. The van der Waals surface area contributed by atoms with Crippen molar-refractivity contribution in [3.05, 3.63) is 88.0 Å². The Morgan fingerprint density at radius 1 is 0.717 bits per heavy atom. The molecule has 53 heavy (non-hydrogen) atoms. The number of carbonyl (C=O) groups excluding carboxylic acids is 2. The highest BCUT2D eigenvalue weighted by atomic mass is 16.5. The van der Waals surface area contributed by atoms with Crippen molar-refractivity contribution in [3.63, 3.8) is 0 Å². The van der Waals surface area contributed by atoms with Crippen LogP contribution >= 0.6 is 0 Å². The van der Waals surface area contributed by atoms with E-state index in [-0.39, 0.29) is 37.1 Å². The maximum Gasteiger partial charge on any atom is 0.341 e. The average molecular weight is 721 g/mol. The van der Waals surface area contributed by atoms with Crippen LogP contribution in [0.1, 0.15) is 58.5 Å². The number of ether oxygens (including phenoxy) is 5. The molecule has 7 rings (SSSR count). The molecule has 0 bridgehead atoms. The van der Waals surface area contributed by atoms with Gasteiger partial charge in [-0.25, -0.2) is 4.79 Å². The van der Waals surface area contributed by atoms with E-state index >= 15 is 0 Å². The fraction of sp³-hybridized carbons (Fsp3) is 0.325. The van der Waals surface area contributed by atoms with Crippen molar-refractivity contribution >= 4 is 41.6 Å². The van der Waals surface area contributed by atoms with Crippen molar-refractivity contribution in [1.82, 2.24) is 9.80 Å². The Bertz CT molecular complexity index is 1970.